The monoisotopic (exact) mass is 297 g/mol. The molecule has 0 saturated carbocycles. The summed E-state index contributed by atoms with van der Waals surface area (Å²) in [5.41, 5.74) is -1.52. The molecule has 96 valence electrons. The number of hydrogen-bond acceptors (Lipinski definition) is 2. The summed E-state index contributed by atoms with van der Waals surface area (Å²) in [6, 6.07) is 1.42. The molecular formula is C9H4Cl2F3N3O. The van der Waals surface area contributed by atoms with Crippen LogP contribution in [0.2, 0.25) is 10.0 Å². The molecule has 4 nitrogen and oxygen atoms in total. The maximum absolute atomic E-state index is 12.5. The van der Waals surface area contributed by atoms with Crippen molar-refractivity contribution in [3.63, 3.8) is 0 Å². The predicted molar refractivity (Wildman–Crippen MR) is 59.2 cm³/mol. The average Bonchev–Trinajstić information content (AvgIpc) is 2.62. The molecule has 2 rings (SSSR count). The lowest BCUT2D eigenvalue weighted by atomic mass is 10.2. The first kappa shape index (κ1) is 13.0. The molecule has 18 heavy (non-hydrogen) atoms. The van der Waals surface area contributed by atoms with E-state index in [1.54, 1.807) is 0 Å². The minimum atomic E-state index is -4.55. The molecule has 0 amide bonds. The molecule has 1 aromatic carbocycles. The first-order chi connectivity index (χ1) is 8.29. The van der Waals surface area contributed by atoms with E-state index in [1.165, 1.54) is 0 Å². The number of aromatic amines is 1. The molecule has 0 bridgehead atoms. The van der Waals surface area contributed by atoms with Crippen molar-refractivity contribution in [3.8, 4) is 5.69 Å². The van der Waals surface area contributed by atoms with Gasteiger partial charge in [0.15, 0.2) is 0 Å². The van der Waals surface area contributed by atoms with Crippen LogP contribution >= 0.6 is 23.2 Å². The second-order valence-electron chi connectivity index (χ2n) is 3.32. The summed E-state index contributed by atoms with van der Waals surface area (Å²) in [7, 11) is 0. The van der Waals surface area contributed by atoms with Gasteiger partial charge in [-0.25, -0.2) is 5.10 Å². The van der Waals surface area contributed by atoms with Crippen LogP contribution in [0.1, 0.15) is 5.56 Å². The van der Waals surface area contributed by atoms with Crippen LogP contribution in [0.4, 0.5) is 13.2 Å². The van der Waals surface area contributed by atoms with E-state index in [9.17, 15) is 18.0 Å². The Hall–Kier alpha value is -1.47. The lowest BCUT2D eigenvalue weighted by Crippen LogP contribution is -2.09. The van der Waals surface area contributed by atoms with Gasteiger partial charge in [-0.3, -0.25) is 4.79 Å². The summed E-state index contributed by atoms with van der Waals surface area (Å²) >= 11 is 11.4. The smallest absolute Gasteiger partial charge is 0.266 e. The number of alkyl halides is 3. The van der Waals surface area contributed by atoms with E-state index < -0.39 is 17.3 Å². The molecule has 0 radical (unpaired) electrons. The zero-order valence-electron chi connectivity index (χ0n) is 8.42. The van der Waals surface area contributed by atoms with Crippen LogP contribution in [0.15, 0.2) is 23.1 Å². The first-order valence-electron chi connectivity index (χ1n) is 4.50. The van der Waals surface area contributed by atoms with E-state index in [-0.39, 0.29) is 15.7 Å². The minimum Gasteiger partial charge on any atom is -0.266 e. The molecule has 0 fully saturated rings. The third kappa shape index (κ3) is 2.37. The fraction of sp³-hybridized carbons (Fsp3) is 0.111. The number of nitrogens with one attached hydrogen (secondary N) is 1. The highest BCUT2D eigenvalue weighted by Gasteiger charge is 2.32. The van der Waals surface area contributed by atoms with Crippen molar-refractivity contribution >= 4 is 23.2 Å². The van der Waals surface area contributed by atoms with Gasteiger partial charge in [0, 0.05) is 0 Å². The van der Waals surface area contributed by atoms with Gasteiger partial charge in [-0.15, -0.1) is 0 Å². The molecule has 1 heterocycles. The summed E-state index contributed by atoms with van der Waals surface area (Å²) < 4.78 is 37.5. The standard InChI is InChI=1S/C9H4Cl2F3N3O/c10-5-1-4(9(12,13)14)2-6(11)8(5)17-15-3-7(18)16-17/h1-3H,(H,16,18). The number of H-pyrrole nitrogens is 1. The molecule has 1 N–H and O–H groups in total. The average molecular weight is 298 g/mol. The lowest BCUT2D eigenvalue weighted by molar-refractivity contribution is -0.137. The van der Waals surface area contributed by atoms with Crippen LogP contribution in [0.3, 0.4) is 0 Å². The molecule has 0 spiro atoms. The molecule has 0 aliphatic carbocycles. The maximum Gasteiger partial charge on any atom is 0.416 e. The Morgan fingerprint density at radius 3 is 2.17 bits per heavy atom. The van der Waals surface area contributed by atoms with E-state index in [0.29, 0.717) is 12.1 Å². The van der Waals surface area contributed by atoms with Gasteiger partial charge in [0.25, 0.3) is 5.56 Å². The second kappa shape index (κ2) is 4.33. The maximum atomic E-state index is 12.5. The summed E-state index contributed by atoms with van der Waals surface area (Å²) in [5, 5.41) is 5.29. The Morgan fingerprint density at radius 2 is 1.78 bits per heavy atom. The minimum absolute atomic E-state index is 0.0200. The number of nitrogens with zero attached hydrogens (tertiary/aromatic N) is 2. The fourth-order valence-corrected chi connectivity index (χ4v) is 1.96. The number of hydrogen-bond donors (Lipinski definition) is 1. The lowest BCUT2D eigenvalue weighted by Gasteiger charge is -2.11. The van der Waals surface area contributed by atoms with Gasteiger partial charge in [0.1, 0.15) is 11.9 Å². The molecule has 9 heteroatoms. The fourth-order valence-electron chi connectivity index (χ4n) is 1.32. The second-order valence-corrected chi connectivity index (χ2v) is 4.13. The van der Waals surface area contributed by atoms with Gasteiger partial charge in [-0.1, -0.05) is 23.2 Å². The largest absolute Gasteiger partial charge is 0.416 e. The van der Waals surface area contributed by atoms with Crippen molar-refractivity contribution in [2.24, 2.45) is 0 Å². The van der Waals surface area contributed by atoms with Crippen LogP contribution in [0, 0.1) is 0 Å². The predicted octanol–water partition coefficient (Wildman–Crippen LogP) is 2.89. The van der Waals surface area contributed by atoms with Crippen LogP contribution in [0.5, 0.6) is 0 Å². The van der Waals surface area contributed by atoms with Gasteiger partial charge < -0.3 is 0 Å². The summed E-state index contributed by atoms with van der Waals surface area (Å²) in [6.45, 7) is 0. The Bertz CT molecular complexity index is 624. The third-order valence-electron chi connectivity index (χ3n) is 2.06. The number of halogens is 5. The van der Waals surface area contributed by atoms with Crippen LogP contribution < -0.4 is 5.56 Å². The van der Waals surface area contributed by atoms with Gasteiger partial charge in [-0.05, 0) is 12.1 Å². The van der Waals surface area contributed by atoms with Gasteiger partial charge in [-0.2, -0.15) is 23.1 Å². The van der Waals surface area contributed by atoms with E-state index in [1.807, 2.05) is 0 Å². The summed E-state index contributed by atoms with van der Waals surface area (Å²) in [5.74, 6) is 0. The van der Waals surface area contributed by atoms with E-state index >= 15 is 0 Å². The zero-order valence-corrected chi connectivity index (χ0v) is 9.94. The molecule has 0 aliphatic rings. The highest BCUT2D eigenvalue weighted by molar-refractivity contribution is 6.37. The normalized spacial score (nSPS) is 11.8. The Morgan fingerprint density at radius 1 is 1.22 bits per heavy atom. The molecule has 0 saturated heterocycles. The SMILES string of the molecule is O=c1cnn(-c2c(Cl)cc(C(F)(F)F)cc2Cl)[nH]1. The van der Waals surface area contributed by atoms with Crippen LogP contribution in [-0.2, 0) is 6.18 Å². The zero-order chi connectivity index (χ0) is 13.5. The number of aromatic nitrogens is 3. The van der Waals surface area contributed by atoms with Crippen molar-refractivity contribution in [1.82, 2.24) is 15.0 Å². The highest BCUT2D eigenvalue weighted by Crippen LogP contribution is 2.36. The quantitative estimate of drug-likeness (QED) is 0.880. The van der Waals surface area contributed by atoms with Gasteiger partial charge >= 0.3 is 6.18 Å². The van der Waals surface area contributed by atoms with Crippen molar-refractivity contribution in [3.05, 3.63) is 44.3 Å². The molecule has 0 atom stereocenters. The number of benzene rings is 1. The van der Waals surface area contributed by atoms with Crippen LogP contribution in [0.25, 0.3) is 5.69 Å². The summed E-state index contributed by atoms with van der Waals surface area (Å²) in [6.07, 6.45) is -3.60. The topological polar surface area (TPSA) is 50.7 Å². The first-order valence-corrected chi connectivity index (χ1v) is 5.25. The number of rotatable bonds is 1. The molecule has 0 aliphatic heterocycles. The van der Waals surface area contributed by atoms with Crippen molar-refractivity contribution in [2.75, 3.05) is 0 Å². The van der Waals surface area contributed by atoms with Crippen molar-refractivity contribution in [1.29, 1.82) is 0 Å². The molecule has 2 aromatic rings. The van der Waals surface area contributed by atoms with E-state index in [0.717, 1.165) is 11.0 Å². The van der Waals surface area contributed by atoms with Crippen molar-refractivity contribution in [2.45, 2.75) is 6.18 Å². The van der Waals surface area contributed by atoms with E-state index in [4.69, 9.17) is 23.2 Å². The third-order valence-corrected chi connectivity index (χ3v) is 2.64. The highest BCUT2D eigenvalue weighted by atomic mass is 35.5. The molecular weight excluding hydrogens is 294 g/mol. The summed E-state index contributed by atoms with van der Waals surface area (Å²) in [4.78, 5) is 11.8. The van der Waals surface area contributed by atoms with Gasteiger partial charge in [0.2, 0.25) is 0 Å². The Labute approximate surface area is 108 Å². The van der Waals surface area contributed by atoms with Crippen LogP contribution in [-0.4, -0.2) is 15.0 Å². The van der Waals surface area contributed by atoms with Crippen molar-refractivity contribution < 1.29 is 13.2 Å². The Kier molecular flexibility index (Phi) is 3.12. The van der Waals surface area contributed by atoms with Gasteiger partial charge in [0.05, 0.1) is 15.6 Å². The molecule has 1 aromatic heterocycles. The Balaban J connectivity index is 2.61. The van der Waals surface area contributed by atoms with E-state index in [2.05, 4.69) is 10.2 Å². The molecule has 0 unspecified atom stereocenters.